The van der Waals surface area contributed by atoms with Gasteiger partial charge in [-0.1, -0.05) is 0 Å². The molecule has 150 valence electrons. The van der Waals surface area contributed by atoms with Crippen LogP contribution in [-0.2, 0) is 14.9 Å². The largest absolute Gasteiger partial charge is 0.481 e. The Morgan fingerprint density at radius 2 is 2.07 bits per heavy atom. The van der Waals surface area contributed by atoms with E-state index in [2.05, 4.69) is 26.7 Å². The van der Waals surface area contributed by atoms with Crippen LogP contribution in [0, 0.1) is 5.92 Å². The van der Waals surface area contributed by atoms with Crippen LogP contribution in [0.4, 0.5) is 11.8 Å². The van der Waals surface area contributed by atoms with Gasteiger partial charge in [0.2, 0.25) is 5.95 Å². The van der Waals surface area contributed by atoms with Gasteiger partial charge in [0.15, 0.2) is 0 Å². The van der Waals surface area contributed by atoms with Crippen LogP contribution in [0.15, 0.2) is 6.20 Å². The quantitative estimate of drug-likeness (QED) is 0.788. The van der Waals surface area contributed by atoms with Crippen molar-refractivity contribution in [3.05, 3.63) is 11.8 Å². The highest BCUT2D eigenvalue weighted by Crippen LogP contribution is 2.32. The van der Waals surface area contributed by atoms with Crippen LogP contribution in [-0.4, -0.2) is 86.0 Å². The van der Waals surface area contributed by atoms with Gasteiger partial charge >= 0.3 is 5.97 Å². The fraction of sp³-hybridized carbons (Fsp3) is 0.737. The van der Waals surface area contributed by atoms with Gasteiger partial charge in [-0.3, -0.25) is 4.79 Å². The average molecular weight is 377 g/mol. The fourth-order valence-electron chi connectivity index (χ4n) is 3.76. The van der Waals surface area contributed by atoms with E-state index < -0.39 is 11.4 Å². The summed E-state index contributed by atoms with van der Waals surface area (Å²) < 4.78 is 5.45. The number of morpholine rings is 1. The molecular formula is C19H31N5O3. The number of anilines is 2. The van der Waals surface area contributed by atoms with E-state index in [9.17, 15) is 9.90 Å². The topological polar surface area (TPSA) is 82.0 Å². The number of nitrogens with zero attached hydrogens (tertiary/aromatic N) is 5. The van der Waals surface area contributed by atoms with Gasteiger partial charge in [0.25, 0.3) is 0 Å². The summed E-state index contributed by atoms with van der Waals surface area (Å²) in [6, 6.07) is 0. The molecule has 1 aromatic heterocycles. The van der Waals surface area contributed by atoms with E-state index in [1.807, 2.05) is 7.05 Å². The van der Waals surface area contributed by atoms with Crippen molar-refractivity contribution in [2.75, 3.05) is 69.8 Å². The molecule has 0 amide bonds. The molecule has 0 bridgehead atoms. The maximum atomic E-state index is 11.8. The van der Waals surface area contributed by atoms with Crippen LogP contribution in [0.2, 0.25) is 0 Å². The van der Waals surface area contributed by atoms with Crippen molar-refractivity contribution in [2.45, 2.75) is 25.7 Å². The number of likely N-dealkylation sites (tertiary alicyclic amines) is 1. The van der Waals surface area contributed by atoms with Gasteiger partial charge in [-0.2, -0.15) is 4.98 Å². The summed E-state index contributed by atoms with van der Waals surface area (Å²) >= 11 is 0. The van der Waals surface area contributed by atoms with E-state index in [0.29, 0.717) is 49.6 Å². The summed E-state index contributed by atoms with van der Waals surface area (Å²) in [6.07, 6.45) is 2.87. The monoisotopic (exact) mass is 377 g/mol. The molecule has 2 aliphatic rings. The maximum absolute atomic E-state index is 11.8. The molecule has 3 heterocycles. The average Bonchev–Trinajstić information content (AvgIpc) is 3.06. The lowest BCUT2D eigenvalue weighted by Crippen LogP contribution is -2.40. The predicted molar refractivity (Wildman–Crippen MR) is 105 cm³/mol. The smallest absolute Gasteiger partial charge is 0.313 e. The molecule has 0 spiro atoms. The van der Waals surface area contributed by atoms with Crippen LogP contribution in [0.1, 0.15) is 25.8 Å². The molecule has 0 saturated carbocycles. The van der Waals surface area contributed by atoms with Crippen molar-refractivity contribution >= 4 is 17.7 Å². The summed E-state index contributed by atoms with van der Waals surface area (Å²) in [5, 5.41) is 9.70. The molecule has 2 saturated heterocycles. The Bertz CT molecular complexity index is 675. The van der Waals surface area contributed by atoms with Crippen LogP contribution in [0.25, 0.3) is 0 Å². The SMILES string of the molecule is CN1CC[C@H](CN(C)c2ncc(C(C)(C)C(=O)O)c(N3CCOCC3)n2)C1. The molecule has 0 aromatic carbocycles. The molecule has 8 nitrogen and oxygen atoms in total. The van der Waals surface area contributed by atoms with Crippen molar-refractivity contribution in [1.82, 2.24) is 14.9 Å². The number of rotatable bonds is 6. The molecule has 1 aromatic rings. The summed E-state index contributed by atoms with van der Waals surface area (Å²) in [4.78, 5) is 27.7. The number of carboxylic acids is 1. The van der Waals surface area contributed by atoms with Crippen LogP contribution >= 0.6 is 0 Å². The van der Waals surface area contributed by atoms with E-state index in [0.717, 1.165) is 19.6 Å². The zero-order valence-electron chi connectivity index (χ0n) is 16.8. The predicted octanol–water partition coefficient (Wildman–Crippen LogP) is 1.06. The van der Waals surface area contributed by atoms with Crippen molar-refractivity contribution in [3.63, 3.8) is 0 Å². The minimum absolute atomic E-state index is 0.602. The summed E-state index contributed by atoms with van der Waals surface area (Å²) in [7, 11) is 4.16. The lowest BCUT2D eigenvalue weighted by molar-refractivity contribution is -0.142. The van der Waals surface area contributed by atoms with E-state index in [-0.39, 0.29) is 0 Å². The van der Waals surface area contributed by atoms with Gasteiger partial charge in [0.05, 0.1) is 18.6 Å². The highest BCUT2D eigenvalue weighted by molar-refractivity contribution is 5.82. The molecule has 0 unspecified atom stereocenters. The standard InChI is InChI=1S/C19H31N5O3/c1-19(2,17(25)26)15-11-20-18(21-16(15)24-7-9-27-10-8-24)23(4)13-14-5-6-22(3)12-14/h11,14H,5-10,12-13H2,1-4H3,(H,25,26)/t14-/m0/s1. The Labute approximate surface area is 161 Å². The normalized spacial score (nSPS) is 21.5. The van der Waals surface area contributed by atoms with E-state index in [1.54, 1.807) is 20.0 Å². The first-order chi connectivity index (χ1) is 12.8. The minimum atomic E-state index is -1.06. The Morgan fingerprint density at radius 1 is 1.37 bits per heavy atom. The van der Waals surface area contributed by atoms with Gasteiger partial charge in [0.1, 0.15) is 5.82 Å². The Balaban J connectivity index is 1.88. The highest BCUT2D eigenvalue weighted by atomic mass is 16.5. The Hall–Kier alpha value is -1.93. The van der Waals surface area contributed by atoms with Crippen LogP contribution < -0.4 is 9.80 Å². The number of ether oxygens (including phenoxy) is 1. The molecular weight excluding hydrogens is 346 g/mol. The van der Waals surface area contributed by atoms with Crippen molar-refractivity contribution in [1.29, 1.82) is 0 Å². The molecule has 0 radical (unpaired) electrons. The first kappa shape index (κ1) is 19.8. The van der Waals surface area contributed by atoms with Gasteiger partial charge < -0.3 is 24.5 Å². The Morgan fingerprint density at radius 3 is 2.67 bits per heavy atom. The van der Waals surface area contributed by atoms with Gasteiger partial charge in [0, 0.05) is 45.0 Å². The molecule has 2 fully saturated rings. The second-order valence-corrected chi connectivity index (χ2v) is 8.23. The second kappa shape index (κ2) is 7.98. The molecule has 3 rings (SSSR count). The molecule has 2 aliphatic heterocycles. The van der Waals surface area contributed by atoms with E-state index in [4.69, 9.17) is 9.72 Å². The number of carbonyl (C=O) groups is 1. The van der Waals surface area contributed by atoms with Crippen molar-refractivity contribution < 1.29 is 14.6 Å². The zero-order valence-corrected chi connectivity index (χ0v) is 16.8. The maximum Gasteiger partial charge on any atom is 0.313 e. The third-order valence-corrected chi connectivity index (χ3v) is 5.64. The van der Waals surface area contributed by atoms with Crippen LogP contribution in [0.3, 0.4) is 0 Å². The third-order valence-electron chi connectivity index (χ3n) is 5.64. The first-order valence-corrected chi connectivity index (χ1v) is 9.62. The molecule has 0 aliphatic carbocycles. The highest BCUT2D eigenvalue weighted by Gasteiger charge is 2.35. The zero-order chi connectivity index (χ0) is 19.6. The van der Waals surface area contributed by atoms with Gasteiger partial charge in [-0.25, -0.2) is 4.98 Å². The van der Waals surface area contributed by atoms with Gasteiger partial charge in [-0.15, -0.1) is 0 Å². The van der Waals surface area contributed by atoms with E-state index in [1.165, 1.54) is 6.42 Å². The van der Waals surface area contributed by atoms with Crippen molar-refractivity contribution in [3.8, 4) is 0 Å². The molecule has 1 atom stereocenters. The number of aromatic nitrogens is 2. The lowest BCUT2D eigenvalue weighted by atomic mass is 9.85. The minimum Gasteiger partial charge on any atom is -0.481 e. The fourth-order valence-corrected chi connectivity index (χ4v) is 3.76. The van der Waals surface area contributed by atoms with Crippen LogP contribution in [0.5, 0.6) is 0 Å². The third kappa shape index (κ3) is 4.32. The summed E-state index contributed by atoms with van der Waals surface area (Å²) in [6.45, 7) is 9.18. The lowest BCUT2D eigenvalue weighted by Gasteiger charge is -2.33. The summed E-state index contributed by atoms with van der Waals surface area (Å²) in [5.74, 6) is 1.09. The molecule has 8 heteroatoms. The Kier molecular flexibility index (Phi) is 5.86. The number of hydrogen-bond acceptors (Lipinski definition) is 7. The molecule has 1 N–H and O–H groups in total. The van der Waals surface area contributed by atoms with E-state index >= 15 is 0 Å². The van der Waals surface area contributed by atoms with Gasteiger partial charge in [-0.05, 0) is 39.8 Å². The summed E-state index contributed by atoms with van der Waals surface area (Å²) in [5.41, 5.74) is -0.409. The number of carboxylic acid groups (broad SMARTS) is 1. The molecule has 27 heavy (non-hydrogen) atoms. The first-order valence-electron chi connectivity index (χ1n) is 9.62. The number of aliphatic carboxylic acids is 1. The number of hydrogen-bond donors (Lipinski definition) is 1. The second-order valence-electron chi connectivity index (χ2n) is 8.23. The van der Waals surface area contributed by atoms with Crippen molar-refractivity contribution in [2.24, 2.45) is 5.92 Å².